The lowest BCUT2D eigenvalue weighted by Crippen LogP contribution is -2.39. The first-order chi connectivity index (χ1) is 8.27. The Morgan fingerprint density at radius 1 is 1.39 bits per heavy atom. The van der Waals surface area contributed by atoms with E-state index in [-0.39, 0.29) is 11.9 Å². The average molecular weight is 268 g/mol. The van der Waals surface area contributed by atoms with Gasteiger partial charge in [0.15, 0.2) is 0 Å². The van der Waals surface area contributed by atoms with Gasteiger partial charge in [-0.2, -0.15) is 0 Å². The van der Waals surface area contributed by atoms with Crippen LogP contribution < -0.4 is 5.32 Å². The predicted molar refractivity (Wildman–Crippen MR) is 77.0 cm³/mol. The molecular formula is C15H22ClNO. The topological polar surface area (TPSA) is 29.1 Å². The third-order valence-corrected chi connectivity index (χ3v) is 3.87. The summed E-state index contributed by atoms with van der Waals surface area (Å²) in [5, 5.41) is 3.03. The van der Waals surface area contributed by atoms with Gasteiger partial charge in [-0.1, -0.05) is 23.8 Å². The summed E-state index contributed by atoms with van der Waals surface area (Å²) in [6.07, 6.45) is 0. The Bertz CT molecular complexity index is 440. The highest BCUT2D eigenvalue weighted by molar-refractivity contribution is 6.19. The highest BCUT2D eigenvalue weighted by atomic mass is 35.5. The van der Waals surface area contributed by atoms with E-state index in [1.54, 1.807) is 0 Å². The molecule has 1 rings (SSSR count). The van der Waals surface area contributed by atoms with Crippen molar-refractivity contribution in [1.29, 1.82) is 0 Å². The summed E-state index contributed by atoms with van der Waals surface area (Å²) >= 11 is 5.81. The van der Waals surface area contributed by atoms with Crippen LogP contribution in [0.5, 0.6) is 0 Å². The maximum atomic E-state index is 12.1. The minimum Gasteiger partial charge on any atom is -0.349 e. The minimum absolute atomic E-state index is 0.000100. The Morgan fingerprint density at radius 2 is 2.00 bits per heavy atom. The maximum absolute atomic E-state index is 12.1. The molecule has 1 amide bonds. The first kappa shape index (κ1) is 15.0. The molecule has 0 spiro atoms. The van der Waals surface area contributed by atoms with Gasteiger partial charge in [0, 0.05) is 5.88 Å². The molecule has 0 bridgehead atoms. The molecule has 1 aromatic rings. The third-order valence-electron chi connectivity index (χ3n) is 3.20. The highest BCUT2D eigenvalue weighted by Crippen LogP contribution is 2.22. The van der Waals surface area contributed by atoms with E-state index in [9.17, 15) is 4.79 Å². The number of carbonyl (C=O) groups is 1. The Kier molecular flexibility index (Phi) is 4.80. The maximum Gasteiger partial charge on any atom is 0.227 e. The molecule has 0 heterocycles. The molecule has 0 aliphatic rings. The number of hydrogen-bond donors (Lipinski definition) is 1. The molecule has 0 radical (unpaired) electrons. The van der Waals surface area contributed by atoms with Crippen molar-refractivity contribution in [2.45, 2.75) is 40.7 Å². The van der Waals surface area contributed by atoms with Crippen LogP contribution in [0.25, 0.3) is 0 Å². The number of halogens is 1. The summed E-state index contributed by atoms with van der Waals surface area (Å²) in [7, 11) is 0. The average Bonchev–Trinajstić information content (AvgIpc) is 2.31. The fraction of sp³-hybridized carbons (Fsp3) is 0.533. The van der Waals surface area contributed by atoms with Crippen LogP contribution in [0, 0.1) is 19.3 Å². The second-order valence-electron chi connectivity index (χ2n) is 5.57. The monoisotopic (exact) mass is 267 g/mol. The fourth-order valence-corrected chi connectivity index (χ4v) is 1.88. The minimum atomic E-state index is -0.534. The lowest BCUT2D eigenvalue weighted by atomic mass is 9.93. The Balaban J connectivity index is 2.86. The van der Waals surface area contributed by atoms with Crippen molar-refractivity contribution in [3.05, 3.63) is 34.9 Å². The van der Waals surface area contributed by atoms with Crippen molar-refractivity contribution in [3.8, 4) is 0 Å². The van der Waals surface area contributed by atoms with Crippen molar-refractivity contribution in [1.82, 2.24) is 5.32 Å². The van der Waals surface area contributed by atoms with E-state index >= 15 is 0 Å². The van der Waals surface area contributed by atoms with Gasteiger partial charge in [0.05, 0.1) is 11.5 Å². The normalized spacial score (nSPS) is 13.2. The molecule has 2 nitrogen and oxygen atoms in total. The summed E-state index contributed by atoms with van der Waals surface area (Å²) in [5.74, 6) is 0.309. The SMILES string of the molecule is Cc1ccc(C)c(C(C)NC(=O)C(C)(C)CCl)c1. The summed E-state index contributed by atoms with van der Waals surface area (Å²) < 4.78 is 0. The Hall–Kier alpha value is -1.02. The van der Waals surface area contributed by atoms with E-state index in [1.807, 2.05) is 20.8 Å². The van der Waals surface area contributed by atoms with Crippen molar-refractivity contribution in [2.24, 2.45) is 5.41 Å². The fourth-order valence-electron chi connectivity index (χ4n) is 1.76. The number of carbonyl (C=O) groups excluding carboxylic acids is 1. The molecule has 18 heavy (non-hydrogen) atoms. The zero-order chi connectivity index (χ0) is 13.9. The van der Waals surface area contributed by atoms with Crippen LogP contribution in [0.2, 0.25) is 0 Å². The number of amides is 1. The molecule has 0 aliphatic carbocycles. The molecule has 1 aromatic carbocycles. The zero-order valence-electron chi connectivity index (χ0n) is 11.8. The lowest BCUT2D eigenvalue weighted by molar-refractivity contribution is -0.129. The van der Waals surface area contributed by atoms with Gasteiger partial charge in [-0.05, 0) is 45.7 Å². The summed E-state index contributed by atoms with van der Waals surface area (Å²) in [4.78, 5) is 12.1. The summed E-state index contributed by atoms with van der Waals surface area (Å²) in [6, 6.07) is 6.28. The van der Waals surface area contributed by atoms with Crippen molar-refractivity contribution >= 4 is 17.5 Å². The number of alkyl halides is 1. The molecular weight excluding hydrogens is 246 g/mol. The van der Waals surface area contributed by atoms with Crippen molar-refractivity contribution in [3.63, 3.8) is 0 Å². The third kappa shape index (κ3) is 3.49. The zero-order valence-corrected chi connectivity index (χ0v) is 12.6. The predicted octanol–water partition coefficient (Wildman–Crippen LogP) is 3.75. The van der Waals surface area contributed by atoms with Gasteiger partial charge in [-0.3, -0.25) is 4.79 Å². The molecule has 3 heteroatoms. The first-order valence-corrected chi connectivity index (χ1v) is 6.75. The van der Waals surface area contributed by atoms with Crippen LogP contribution >= 0.6 is 11.6 Å². The van der Waals surface area contributed by atoms with Gasteiger partial charge in [0.1, 0.15) is 0 Å². The van der Waals surface area contributed by atoms with E-state index in [0.717, 1.165) is 5.56 Å². The number of benzene rings is 1. The van der Waals surface area contributed by atoms with E-state index in [0.29, 0.717) is 5.88 Å². The first-order valence-electron chi connectivity index (χ1n) is 6.22. The lowest BCUT2D eigenvalue weighted by Gasteiger charge is -2.25. The molecule has 0 fully saturated rings. The largest absolute Gasteiger partial charge is 0.349 e. The van der Waals surface area contributed by atoms with E-state index < -0.39 is 5.41 Å². The molecule has 1 atom stereocenters. The van der Waals surface area contributed by atoms with Crippen LogP contribution in [-0.4, -0.2) is 11.8 Å². The van der Waals surface area contributed by atoms with Crippen molar-refractivity contribution < 1.29 is 4.79 Å². The summed E-state index contributed by atoms with van der Waals surface area (Å²) in [6.45, 7) is 9.82. The number of nitrogens with one attached hydrogen (secondary N) is 1. The van der Waals surface area contributed by atoms with Gasteiger partial charge in [-0.25, -0.2) is 0 Å². The Labute approximate surface area is 115 Å². The van der Waals surface area contributed by atoms with Crippen LogP contribution in [0.4, 0.5) is 0 Å². The van der Waals surface area contributed by atoms with Crippen LogP contribution in [-0.2, 0) is 4.79 Å². The van der Waals surface area contributed by atoms with Gasteiger partial charge >= 0.3 is 0 Å². The standard InChI is InChI=1S/C15H22ClNO/c1-10-6-7-11(2)13(8-10)12(3)17-14(18)15(4,5)9-16/h6-8,12H,9H2,1-5H3,(H,17,18). The van der Waals surface area contributed by atoms with Crippen molar-refractivity contribution in [2.75, 3.05) is 5.88 Å². The molecule has 100 valence electrons. The van der Waals surface area contributed by atoms with Gasteiger partial charge < -0.3 is 5.32 Å². The number of aryl methyl sites for hydroxylation is 2. The quantitative estimate of drug-likeness (QED) is 0.827. The number of hydrogen-bond acceptors (Lipinski definition) is 1. The molecule has 1 unspecified atom stereocenters. The molecule has 0 aromatic heterocycles. The molecule has 0 saturated heterocycles. The Morgan fingerprint density at radius 3 is 2.56 bits per heavy atom. The smallest absolute Gasteiger partial charge is 0.227 e. The van der Waals surface area contributed by atoms with E-state index in [1.165, 1.54) is 11.1 Å². The summed E-state index contributed by atoms with van der Waals surface area (Å²) in [5.41, 5.74) is 3.02. The number of rotatable bonds is 4. The second kappa shape index (κ2) is 5.75. The molecule has 0 saturated carbocycles. The molecule has 0 aliphatic heterocycles. The highest BCUT2D eigenvalue weighted by Gasteiger charge is 2.27. The van der Waals surface area contributed by atoms with Gasteiger partial charge in [-0.15, -0.1) is 11.6 Å². The van der Waals surface area contributed by atoms with Gasteiger partial charge in [0.25, 0.3) is 0 Å². The second-order valence-corrected chi connectivity index (χ2v) is 5.84. The van der Waals surface area contributed by atoms with Crippen LogP contribution in [0.1, 0.15) is 43.5 Å². The van der Waals surface area contributed by atoms with Crippen LogP contribution in [0.3, 0.4) is 0 Å². The van der Waals surface area contributed by atoms with E-state index in [4.69, 9.17) is 11.6 Å². The van der Waals surface area contributed by atoms with E-state index in [2.05, 4.69) is 37.4 Å². The van der Waals surface area contributed by atoms with Crippen LogP contribution in [0.15, 0.2) is 18.2 Å². The van der Waals surface area contributed by atoms with Gasteiger partial charge in [0.2, 0.25) is 5.91 Å². The molecule has 1 N–H and O–H groups in total.